The first kappa shape index (κ1) is 17.9. The molecular weight excluding hydrogens is 322 g/mol. The number of benzene rings is 1. The van der Waals surface area contributed by atoms with Crippen molar-refractivity contribution in [3.63, 3.8) is 0 Å². The molecule has 0 atom stereocenters. The van der Waals surface area contributed by atoms with Crippen LogP contribution >= 0.6 is 0 Å². The second-order valence-electron chi connectivity index (χ2n) is 6.56. The monoisotopic (exact) mass is 347 g/mol. The highest BCUT2D eigenvalue weighted by Crippen LogP contribution is 2.23. The van der Waals surface area contributed by atoms with Crippen LogP contribution in [-0.4, -0.2) is 28.5 Å². The van der Waals surface area contributed by atoms with Crippen LogP contribution in [0.25, 0.3) is 0 Å². The molecule has 5 nitrogen and oxygen atoms in total. The maximum atomic E-state index is 4.59. The van der Waals surface area contributed by atoms with Gasteiger partial charge >= 0.3 is 0 Å². The van der Waals surface area contributed by atoms with Gasteiger partial charge in [-0.3, -0.25) is 4.98 Å². The summed E-state index contributed by atoms with van der Waals surface area (Å²) in [5, 5.41) is 3.44. The van der Waals surface area contributed by atoms with Gasteiger partial charge in [0, 0.05) is 37.7 Å². The first-order valence-electron chi connectivity index (χ1n) is 8.82. The van der Waals surface area contributed by atoms with Gasteiger partial charge in [0.1, 0.15) is 17.5 Å². The van der Waals surface area contributed by atoms with Crippen molar-refractivity contribution in [3.05, 3.63) is 71.3 Å². The molecule has 3 aromatic rings. The van der Waals surface area contributed by atoms with Crippen molar-refractivity contribution < 1.29 is 0 Å². The van der Waals surface area contributed by atoms with Gasteiger partial charge in [0.05, 0.1) is 0 Å². The Balaban J connectivity index is 1.75. The van der Waals surface area contributed by atoms with Crippen LogP contribution in [0.4, 0.5) is 17.3 Å². The predicted molar refractivity (Wildman–Crippen MR) is 107 cm³/mol. The van der Waals surface area contributed by atoms with Crippen molar-refractivity contribution in [3.8, 4) is 0 Å². The van der Waals surface area contributed by atoms with Gasteiger partial charge < -0.3 is 10.2 Å². The van der Waals surface area contributed by atoms with Crippen LogP contribution in [-0.2, 0) is 6.42 Å². The van der Waals surface area contributed by atoms with Crippen molar-refractivity contribution >= 4 is 17.3 Å². The molecule has 0 aliphatic rings. The maximum absolute atomic E-state index is 4.59. The van der Waals surface area contributed by atoms with E-state index in [2.05, 4.69) is 64.3 Å². The van der Waals surface area contributed by atoms with Gasteiger partial charge in [-0.05, 0) is 62.1 Å². The van der Waals surface area contributed by atoms with Crippen molar-refractivity contribution in [1.82, 2.24) is 15.0 Å². The Hall–Kier alpha value is -2.95. The van der Waals surface area contributed by atoms with Crippen LogP contribution in [0.5, 0.6) is 0 Å². The van der Waals surface area contributed by atoms with E-state index in [4.69, 9.17) is 0 Å². The summed E-state index contributed by atoms with van der Waals surface area (Å²) in [4.78, 5) is 15.4. The molecule has 0 radical (unpaired) electrons. The van der Waals surface area contributed by atoms with Crippen LogP contribution in [0.15, 0.2) is 48.8 Å². The molecule has 134 valence electrons. The van der Waals surface area contributed by atoms with Crippen molar-refractivity contribution in [2.45, 2.75) is 27.2 Å². The molecule has 0 aliphatic carbocycles. The van der Waals surface area contributed by atoms with E-state index in [1.54, 1.807) is 0 Å². The largest absolute Gasteiger partial charge is 0.359 e. The highest BCUT2D eigenvalue weighted by atomic mass is 15.2. The third-order valence-electron chi connectivity index (χ3n) is 4.57. The molecule has 2 heterocycles. The standard InChI is InChI=1S/C21H25N5/c1-15-6-5-7-19(16(15)2)25-20-14-21(24-17(3)23-20)26(4)13-10-18-8-11-22-12-9-18/h5-9,11-12,14H,10,13H2,1-4H3,(H,23,24,25). The molecule has 26 heavy (non-hydrogen) atoms. The number of pyridine rings is 1. The Morgan fingerprint density at radius 1 is 1.00 bits per heavy atom. The minimum Gasteiger partial charge on any atom is -0.359 e. The van der Waals surface area contributed by atoms with E-state index in [-0.39, 0.29) is 0 Å². The lowest BCUT2D eigenvalue weighted by atomic mass is 10.1. The molecule has 0 amide bonds. The quantitative estimate of drug-likeness (QED) is 0.723. The molecule has 2 aromatic heterocycles. The fourth-order valence-corrected chi connectivity index (χ4v) is 2.80. The van der Waals surface area contributed by atoms with E-state index in [1.807, 2.05) is 37.5 Å². The number of nitrogens with zero attached hydrogens (tertiary/aromatic N) is 4. The van der Waals surface area contributed by atoms with Gasteiger partial charge in [0.2, 0.25) is 0 Å². The van der Waals surface area contributed by atoms with Gasteiger partial charge in [0.25, 0.3) is 0 Å². The SMILES string of the molecule is Cc1nc(Nc2cccc(C)c2C)cc(N(C)CCc2ccncc2)n1. The number of hydrogen-bond donors (Lipinski definition) is 1. The molecule has 0 unspecified atom stereocenters. The first-order valence-corrected chi connectivity index (χ1v) is 8.82. The van der Waals surface area contributed by atoms with Crippen LogP contribution in [0.3, 0.4) is 0 Å². The summed E-state index contributed by atoms with van der Waals surface area (Å²) in [7, 11) is 2.06. The maximum Gasteiger partial charge on any atom is 0.136 e. The molecule has 1 aromatic carbocycles. The third kappa shape index (κ3) is 4.36. The second-order valence-corrected chi connectivity index (χ2v) is 6.56. The Labute approximate surface area is 155 Å². The summed E-state index contributed by atoms with van der Waals surface area (Å²) in [5.74, 6) is 2.49. The number of hydrogen-bond acceptors (Lipinski definition) is 5. The number of aryl methyl sites for hydroxylation is 2. The predicted octanol–water partition coefficient (Wildman–Crippen LogP) is 4.22. The van der Waals surface area contributed by atoms with Crippen LogP contribution in [0.2, 0.25) is 0 Å². The molecule has 0 saturated heterocycles. The summed E-state index contributed by atoms with van der Waals surface area (Å²) in [6, 6.07) is 12.3. The molecule has 3 rings (SSSR count). The minimum absolute atomic E-state index is 0.756. The summed E-state index contributed by atoms with van der Waals surface area (Å²) in [6.45, 7) is 7.04. The van der Waals surface area contributed by atoms with Crippen LogP contribution in [0.1, 0.15) is 22.5 Å². The summed E-state index contributed by atoms with van der Waals surface area (Å²) >= 11 is 0. The fourth-order valence-electron chi connectivity index (χ4n) is 2.80. The smallest absolute Gasteiger partial charge is 0.136 e. The van der Waals surface area contributed by atoms with Crippen molar-refractivity contribution in [2.75, 3.05) is 23.8 Å². The normalized spacial score (nSPS) is 10.6. The van der Waals surface area contributed by atoms with Gasteiger partial charge in [-0.2, -0.15) is 0 Å². The number of aromatic nitrogens is 3. The topological polar surface area (TPSA) is 53.9 Å². The Kier molecular flexibility index (Phi) is 5.46. The second kappa shape index (κ2) is 7.95. The molecule has 0 spiro atoms. The van der Waals surface area contributed by atoms with Crippen molar-refractivity contribution in [2.24, 2.45) is 0 Å². The highest BCUT2D eigenvalue weighted by Gasteiger charge is 2.09. The summed E-state index contributed by atoms with van der Waals surface area (Å²) in [5.41, 5.74) is 4.84. The lowest BCUT2D eigenvalue weighted by Gasteiger charge is -2.20. The third-order valence-corrected chi connectivity index (χ3v) is 4.57. The first-order chi connectivity index (χ1) is 12.5. The lowest BCUT2D eigenvalue weighted by Crippen LogP contribution is -2.22. The van der Waals surface area contributed by atoms with E-state index in [0.29, 0.717) is 0 Å². The van der Waals surface area contributed by atoms with E-state index in [9.17, 15) is 0 Å². The zero-order valence-electron chi connectivity index (χ0n) is 15.8. The number of anilines is 3. The van der Waals surface area contributed by atoms with Crippen molar-refractivity contribution in [1.29, 1.82) is 0 Å². The Morgan fingerprint density at radius 2 is 1.77 bits per heavy atom. The molecule has 0 saturated carbocycles. The van der Waals surface area contributed by atoms with Gasteiger partial charge in [-0.25, -0.2) is 9.97 Å². The average Bonchev–Trinajstić information content (AvgIpc) is 2.64. The molecule has 0 aliphatic heterocycles. The van der Waals surface area contributed by atoms with E-state index < -0.39 is 0 Å². The Morgan fingerprint density at radius 3 is 2.54 bits per heavy atom. The number of likely N-dealkylation sites (N-methyl/N-ethyl adjacent to an activating group) is 1. The molecular formula is C21H25N5. The molecule has 1 N–H and O–H groups in total. The summed E-state index contributed by atoms with van der Waals surface area (Å²) < 4.78 is 0. The molecule has 5 heteroatoms. The van der Waals surface area contributed by atoms with E-state index in [0.717, 1.165) is 36.1 Å². The van der Waals surface area contributed by atoms with E-state index in [1.165, 1.54) is 16.7 Å². The van der Waals surface area contributed by atoms with Crippen LogP contribution < -0.4 is 10.2 Å². The Bertz CT molecular complexity index is 877. The van der Waals surface area contributed by atoms with Gasteiger partial charge in [-0.15, -0.1) is 0 Å². The molecule has 0 fully saturated rings. The van der Waals surface area contributed by atoms with Gasteiger partial charge in [-0.1, -0.05) is 12.1 Å². The number of nitrogens with one attached hydrogen (secondary N) is 1. The zero-order chi connectivity index (χ0) is 18.5. The minimum atomic E-state index is 0.756. The average molecular weight is 347 g/mol. The lowest BCUT2D eigenvalue weighted by molar-refractivity contribution is 0.848. The highest BCUT2D eigenvalue weighted by molar-refractivity contribution is 5.64. The zero-order valence-corrected chi connectivity index (χ0v) is 15.8. The summed E-state index contributed by atoms with van der Waals surface area (Å²) in [6.07, 6.45) is 4.61. The van der Waals surface area contributed by atoms with Crippen LogP contribution in [0, 0.1) is 20.8 Å². The fraction of sp³-hybridized carbons (Fsp3) is 0.286. The van der Waals surface area contributed by atoms with Gasteiger partial charge in [0.15, 0.2) is 0 Å². The molecule has 0 bridgehead atoms. The van der Waals surface area contributed by atoms with E-state index >= 15 is 0 Å². The number of rotatable bonds is 6.